The van der Waals surface area contributed by atoms with Crippen molar-refractivity contribution in [1.29, 1.82) is 0 Å². The summed E-state index contributed by atoms with van der Waals surface area (Å²) in [6.45, 7) is 4.61. The predicted molar refractivity (Wildman–Crippen MR) is 77.2 cm³/mol. The van der Waals surface area contributed by atoms with Crippen molar-refractivity contribution in [3.8, 4) is 0 Å². The molecule has 2 aliphatic heterocycles. The molecule has 5 heteroatoms. The average Bonchev–Trinajstić information content (AvgIpc) is 2.73. The first kappa shape index (κ1) is 15.4. The van der Waals surface area contributed by atoms with E-state index >= 15 is 0 Å². The maximum Gasteiger partial charge on any atom is 0.336 e. The molecule has 0 aliphatic carbocycles. The quantitative estimate of drug-likeness (QED) is 0.573. The van der Waals surface area contributed by atoms with E-state index in [1.807, 2.05) is 0 Å². The Morgan fingerprint density at radius 3 is 2.71 bits per heavy atom. The molecule has 0 N–H and O–H groups in total. The van der Waals surface area contributed by atoms with Gasteiger partial charge >= 0.3 is 11.9 Å². The Hall–Kier alpha value is -2.00. The fourth-order valence-corrected chi connectivity index (χ4v) is 3.07. The highest BCUT2D eigenvalue weighted by atomic mass is 16.5. The molecule has 2 heterocycles. The summed E-state index contributed by atoms with van der Waals surface area (Å²) in [4.78, 5) is 26.1. The normalized spacial score (nSPS) is 25.1. The van der Waals surface area contributed by atoms with Crippen molar-refractivity contribution in [3.63, 3.8) is 0 Å². The monoisotopic (exact) mass is 291 g/mol. The maximum atomic E-state index is 12.0. The molecule has 2 rings (SSSR count). The molecular formula is C16H21NO4. The third-order valence-corrected chi connectivity index (χ3v) is 4.19. The summed E-state index contributed by atoms with van der Waals surface area (Å²) in [5.41, 5.74) is 4.47. The molecular weight excluding hydrogens is 270 g/mol. The predicted octanol–water partition coefficient (Wildman–Crippen LogP) is 1.80. The molecule has 1 saturated heterocycles. The van der Waals surface area contributed by atoms with Crippen molar-refractivity contribution in [1.82, 2.24) is 4.90 Å². The minimum absolute atomic E-state index is 0.0579. The standard InChI is InChI=1S/C16H21NO4/c1-4-11-7-5-6-8-17-10-13(16(19)21-3)12(9-14(11)17)15(18)20-2/h10,12,14H,1,5-9H2,2-3H3/t12-,14-/m1/s1. The number of hydrogen-bond acceptors (Lipinski definition) is 5. The number of fused-ring (bicyclic) bond motifs is 1. The van der Waals surface area contributed by atoms with Crippen LogP contribution in [0.5, 0.6) is 0 Å². The SMILES string of the molecule is C=C=C1CCCCN2C=C(C(=O)OC)[C@H](C(=O)OC)C[C@H]12. The van der Waals surface area contributed by atoms with Gasteiger partial charge in [0, 0.05) is 12.7 Å². The molecule has 0 amide bonds. The number of esters is 2. The zero-order valence-electron chi connectivity index (χ0n) is 12.6. The van der Waals surface area contributed by atoms with Crippen LogP contribution < -0.4 is 0 Å². The van der Waals surface area contributed by atoms with Crippen molar-refractivity contribution in [2.45, 2.75) is 31.7 Å². The Balaban J connectivity index is 2.41. The number of methoxy groups -OCH3 is 2. The van der Waals surface area contributed by atoms with Crippen LogP contribution in [0, 0.1) is 5.92 Å². The van der Waals surface area contributed by atoms with Gasteiger partial charge in [-0.2, -0.15) is 0 Å². The summed E-state index contributed by atoms with van der Waals surface area (Å²) >= 11 is 0. The van der Waals surface area contributed by atoms with E-state index in [4.69, 9.17) is 9.47 Å². The van der Waals surface area contributed by atoms with E-state index in [-0.39, 0.29) is 6.04 Å². The molecule has 2 atom stereocenters. The number of rotatable bonds is 2. The van der Waals surface area contributed by atoms with Gasteiger partial charge in [-0.3, -0.25) is 4.79 Å². The topological polar surface area (TPSA) is 55.8 Å². The number of carbonyl (C=O) groups is 2. The molecule has 5 nitrogen and oxygen atoms in total. The van der Waals surface area contributed by atoms with Gasteiger partial charge in [0.15, 0.2) is 0 Å². The number of hydrogen-bond donors (Lipinski definition) is 0. The molecule has 21 heavy (non-hydrogen) atoms. The summed E-state index contributed by atoms with van der Waals surface area (Å²) in [5, 5.41) is 0. The van der Waals surface area contributed by atoms with E-state index in [0.29, 0.717) is 12.0 Å². The Kier molecular flexibility index (Phi) is 4.86. The largest absolute Gasteiger partial charge is 0.469 e. The van der Waals surface area contributed by atoms with Gasteiger partial charge in [-0.1, -0.05) is 6.58 Å². The van der Waals surface area contributed by atoms with Crippen LogP contribution in [0.15, 0.2) is 29.7 Å². The summed E-state index contributed by atoms with van der Waals surface area (Å²) in [7, 11) is 2.65. The minimum atomic E-state index is -0.592. The van der Waals surface area contributed by atoms with Gasteiger partial charge in [-0.15, -0.1) is 5.73 Å². The lowest BCUT2D eigenvalue weighted by Crippen LogP contribution is -2.42. The lowest BCUT2D eigenvalue weighted by atomic mass is 9.85. The van der Waals surface area contributed by atoms with Crippen LogP contribution in [0.1, 0.15) is 25.7 Å². The van der Waals surface area contributed by atoms with E-state index in [1.165, 1.54) is 14.2 Å². The van der Waals surface area contributed by atoms with Crippen LogP contribution in [0.2, 0.25) is 0 Å². The Labute approximate surface area is 124 Å². The molecule has 114 valence electrons. The third kappa shape index (κ3) is 3.03. The first-order chi connectivity index (χ1) is 10.1. The van der Waals surface area contributed by atoms with Crippen molar-refractivity contribution < 1.29 is 19.1 Å². The molecule has 0 bridgehead atoms. The van der Waals surface area contributed by atoms with Crippen LogP contribution in [0.3, 0.4) is 0 Å². The Morgan fingerprint density at radius 2 is 2.10 bits per heavy atom. The minimum Gasteiger partial charge on any atom is -0.469 e. The second-order valence-electron chi connectivity index (χ2n) is 5.30. The van der Waals surface area contributed by atoms with Crippen molar-refractivity contribution in [2.75, 3.05) is 20.8 Å². The number of ether oxygens (including phenoxy) is 2. The Bertz CT molecular complexity index is 516. The summed E-state index contributed by atoms with van der Waals surface area (Å²) in [5.74, 6) is -1.47. The van der Waals surface area contributed by atoms with Crippen LogP contribution in [0.25, 0.3) is 0 Å². The zero-order chi connectivity index (χ0) is 15.4. The van der Waals surface area contributed by atoms with Gasteiger partial charge in [-0.25, -0.2) is 4.79 Å². The summed E-state index contributed by atoms with van der Waals surface area (Å²) < 4.78 is 9.65. The van der Waals surface area contributed by atoms with Crippen molar-refractivity contribution in [3.05, 3.63) is 29.7 Å². The average molecular weight is 291 g/mol. The van der Waals surface area contributed by atoms with Gasteiger partial charge in [0.1, 0.15) is 0 Å². The molecule has 0 aromatic carbocycles. The van der Waals surface area contributed by atoms with Crippen LogP contribution in [-0.4, -0.2) is 43.6 Å². The second kappa shape index (κ2) is 6.64. The van der Waals surface area contributed by atoms with Gasteiger partial charge in [0.25, 0.3) is 0 Å². The summed E-state index contributed by atoms with van der Waals surface area (Å²) in [6, 6.07) is 0.0579. The number of nitrogens with zero attached hydrogens (tertiary/aromatic N) is 1. The highest BCUT2D eigenvalue weighted by Crippen LogP contribution is 2.35. The highest BCUT2D eigenvalue weighted by Gasteiger charge is 2.39. The smallest absolute Gasteiger partial charge is 0.336 e. The highest BCUT2D eigenvalue weighted by molar-refractivity contribution is 5.95. The Morgan fingerprint density at radius 1 is 1.33 bits per heavy atom. The zero-order valence-corrected chi connectivity index (χ0v) is 12.6. The molecule has 0 unspecified atom stereocenters. The van der Waals surface area contributed by atoms with E-state index in [0.717, 1.165) is 31.4 Å². The van der Waals surface area contributed by atoms with E-state index < -0.39 is 17.9 Å². The molecule has 2 aliphatic rings. The first-order valence-electron chi connectivity index (χ1n) is 7.14. The van der Waals surface area contributed by atoms with Crippen LogP contribution in [0.4, 0.5) is 0 Å². The van der Waals surface area contributed by atoms with E-state index in [2.05, 4.69) is 17.2 Å². The van der Waals surface area contributed by atoms with Gasteiger partial charge < -0.3 is 14.4 Å². The first-order valence-corrected chi connectivity index (χ1v) is 7.14. The molecule has 0 aromatic rings. The molecule has 1 fully saturated rings. The fourth-order valence-electron chi connectivity index (χ4n) is 3.07. The summed E-state index contributed by atoms with van der Waals surface area (Å²) in [6.07, 6.45) is 5.29. The van der Waals surface area contributed by atoms with Gasteiger partial charge in [0.2, 0.25) is 0 Å². The lowest BCUT2D eigenvalue weighted by molar-refractivity contribution is -0.148. The van der Waals surface area contributed by atoms with E-state index in [9.17, 15) is 9.59 Å². The van der Waals surface area contributed by atoms with Crippen molar-refractivity contribution >= 4 is 11.9 Å². The molecule has 0 radical (unpaired) electrons. The van der Waals surface area contributed by atoms with Gasteiger partial charge in [0.05, 0.1) is 31.8 Å². The molecule has 0 saturated carbocycles. The second-order valence-corrected chi connectivity index (χ2v) is 5.30. The van der Waals surface area contributed by atoms with Gasteiger partial charge in [-0.05, 0) is 31.3 Å². The van der Waals surface area contributed by atoms with Crippen LogP contribution >= 0.6 is 0 Å². The third-order valence-electron chi connectivity index (χ3n) is 4.19. The number of carbonyl (C=O) groups excluding carboxylic acids is 2. The maximum absolute atomic E-state index is 12.0. The molecule has 0 spiro atoms. The lowest BCUT2D eigenvalue weighted by Gasteiger charge is -2.37. The van der Waals surface area contributed by atoms with Crippen LogP contribution in [-0.2, 0) is 19.1 Å². The fraction of sp³-hybridized carbons (Fsp3) is 0.562. The van der Waals surface area contributed by atoms with Crippen molar-refractivity contribution in [2.24, 2.45) is 5.92 Å². The van der Waals surface area contributed by atoms with E-state index in [1.54, 1.807) is 6.20 Å². The molecule has 0 aromatic heterocycles.